The van der Waals surface area contributed by atoms with Crippen LogP contribution in [0.15, 0.2) is 60.3 Å². The van der Waals surface area contributed by atoms with Crippen molar-refractivity contribution in [1.82, 2.24) is 4.98 Å². The van der Waals surface area contributed by atoms with E-state index < -0.39 is 17.7 Å². The summed E-state index contributed by atoms with van der Waals surface area (Å²) in [4.78, 5) is 16.7. The van der Waals surface area contributed by atoms with Gasteiger partial charge in [-0.3, -0.25) is 0 Å². The lowest BCUT2D eigenvalue weighted by Gasteiger charge is -2.52. The molecule has 3 saturated carbocycles. The van der Waals surface area contributed by atoms with Gasteiger partial charge in [-0.2, -0.15) is 0 Å². The topological polar surface area (TPSA) is 79.7 Å². The van der Waals surface area contributed by atoms with Crippen molar-refractivity contribution in [2.75, 3.05) is 0 Å². The van der Waals surface area contributed by atoms with Crippen LogP contribution in [0, 0.1) is 35.0 Å². The SMILES string of the molecule is C=C1CC[C@H](OC(=O)c2ccccn2)C/C1=C/[C@H](O)[C@@]1(O)CCC[C@]2(C)[C@@H]([C@H](C)/C=C/[C@H](C)C(C)C)CC[C@H]21. The Morgan fingerprint density at radius 2 is 1.92 bits per heavy atom. The largest absolute Gasteiger partial charge is 0.457 e. The van der Waals surface area contributed by atoms with Crippen molar-refractivity contribution in [1.29, 1.82) is 0 Å². The van der Waals surface area contributed by atoms with Gasteiger partial charge in [0.2, 0.25) is 0 Å². The maximum Gasteiger partial charge on any atom is 0.357 e. The molecular weight excluding hydrogens is 486 g/mol. The van der Waals surface area contributed by atoms with Crippen LogP contribution < -0.4 is 0 Å². The first kappa shape index (κ1) is 29.7. The molecule has 3 aliphatic carbocycles. The van der Waals surface area contributed by atoms with Crippen LogP contribution in [0.25, 0.3) is 0 Å². The molecule has 0 saturated heterocycles. The van der Waals surface area contributed by atoms with Crippen LogP contribution in [0.1, 0.15) is 96.5 Å². The van der Waals surface area contributed by atoms with Crippen molar-refractivity contribution in [3.8, 4) is 0 Å². The smallest absolute Gasteiger partial charge is 0.357 e. The van der Waals surface area contributed by atoms with Crippen LogP contribution in [0.2, 0.25) is 0 Å². The number of ether oxygens (including phenoxy) is 1. The van der Waals surface area contributed by atoms with Gasteiger partial charge in [0.25, 0.3) is 0 Å². The van der Waals surface area contributed by atoms with Crippen molar-refractivity contribution in [3.05, 3.63) is 66.0 Å². The van der Waals surface area contributed by atoms with Gasteiger partial charge >= 0.3 is 5.97 Å². The Morgan fingerprint density at radius 3 is 2.62 bits per heavy atom. The Bertz CT molecular complexity index is 1080. The predicted octanol–water partition coefficient (Wildman–Crippen LogP) is 7.07. The summed E-state index contributed by atoms with van der Waals surface area (Å²) in [6.07, 6.45) is 13.4. The standard InChI is InChI=1S/C34H49NO4/c1-22(2)23(3)11-12-25(5)28-15-16-30-33(28,6)17-9-18-34(30,38)31(36)21-26-20-27(14-13-24(26)4)39-32(37)29-10-7-8-19-35-29/h7-8,10-12,19,21-23,25,27-28,30-31,36,38H,4,9,13-18,20H2,1-3,5-6H3/b12-11+,26-21-/t23-,25+,27-,28+,30+,31-,33+,34+/m0/s1. The molecular formula is C34H49NO4. The number of allylic oxidation sites excluding steroid dienone is 3. The van der Waals surface area contributed by atoms with E-state index >= 15 is 0 Å². The predicted molar refractivity (Wildman–Crippen MR) is 156 cm³/mol. The van der Waals surface area contributed by atoms with Crippen LogP contribution in [0.5, 0.6) is 0 Å². The van der Waals surface area contributed by atoms with Crippen LogP contribution in [0.3, 0.4) is 0 Å². The third-order valence-corrected chi connectivity index (χ3v) is 10.4. The molecule has 2 N–H and O–H groups in total. The van der Waals surface area contributed by atoms with Gasteiger partial charge in [-0.05, 0) is 104 Å². The third kappa shape index (κ3) is 6.25. The lowest BCUT2D eigenvalue weighted by molar-refractivity contribution is -0.155. The Hall–Kier alpha value is -2.24. The number of hydrogen-bond acceptors (Lipinski definition) is 5. The third-order valence-electron chi connectivity index (χ3n) is 10.4. The van der Waals surface area contributed by atoms with E-state index in [1.54, 1.807) is 24.4 Å². The van der Waals surface area contributed by atoms with E-state index in [-0.39, 0.29) is 17.4 Å². The van der Waals surface area contributed by atoms with E-state index in [0.29, 0.717) is 55.0 Å². The second-order valence-corrected chi connectivity index (χ2v) is 13.2. The molecule has 0 radical (unpaired) electrons. The summed E-state index contributed by atoms with van der Waals surface area (Å²) in [5.41, 5.74) is 0.954. The number of pyridine rings is 1. The second kappa shape index (κ2) is 12.1. The fraction of sp³-hybridized carbons (Fsp3) is 0.647. The summed E-state index contributed by atoms with van der Waals surface area (Å²) in [6.45, 7) is 15.7. The van der Waals surface area contributed by atoms with Crippen molar-refractivity contribution in [2.24, 2.45) is 35.0 Å². The quantitative estimate of drug-likeness (QED) is 0.275. The fourth-order valence-corrected chi connectivity index (χ4v) is 7.60. The molecule has 0 aliphatic heterocycles. The molecule has 0 spiro atoms. The van der Waals surface area contributed by atoms with Gasteiger partial charge in [0.15, 0.2) is 0 Å². The molecule has 8 atom stereocenters. The first-order valence-corrected chi connectivity index (χ1v) is 15.0. The molecule has 1 aromatic rings. The molecule has 0 aromatic carbocycles. The lowest BCUT2D eigenvalue weighted by Crippen LogP contribution is -2.56. The molecule has 0 unspecified atom stereocenters. The Balaban J connectivity index is 1.48. The molecule has 0 amide bonds. The average molecular weight is 536 g/mol. The molecule has 3 fully saturated rings. The number of esters is 1. The minimum Gasteiger partial charge on any atom is -0.457 e. The summed E-state index contributed by atoms with van der Waals surface area (Å²) in [7, 11) is 0. The molecule has 1 aromatic heterocycles. The molecule has 214 valence electrons. The van der Waals surface area contributed by atoms with Gasteiger partial charge in [-0.15, -0.1) is 0 Å². The number of aliphatic hydroxyl groups is 2. The van der Waals surface area contributed by atoms with Crippen molar-refractivity contribution < 1.29 is 19.7 Å². The minimum absolute atomic E-state index is 0.0123. The monoisotopic (exact) mass is 535 g/mol. The first-order valence-electron chi connectivity index (χ1n) is 15.0. The van der Waals surface area contributed by atoms with Gasteiger partial charge < -0.3 is 14.9 Å². The van der Waals surface area contributed by atoms with E-state index in [2.05, 4.69) is 58.3 Å². The average Bonchev–Trinajstić information content (AvgIpc) is 3.27. The normalized spacial score (nSPS) is 34.7. The molecule has 39 heavy (non-hydrogen) atoms. The zero-order chi connectivity index (χ0) is 28.4. The van der Waals surface area contributed by atoms with Crippen LogP contribution >= 0.6 is 0 Å². The molecule has 5 heteroatoms. The van der Waals surface area contributed by atoms with Crippen LogP contribution in [-0.4, -0.2) is 39.0 Å². The fourth-order valence-electron chi connectivity index (χ4n) is 7.60. The highest BCUT2D eigenvalue weighted by atomic mass is 16.5. The maximum absolute atomic E-state index is 12.6. The van der Waals surface area contributed by atoms with E-state index in [1.165, 1.54) is 0 Å². The number of nitrogens with zero attached hydrogens (tertiary/aromatic N) is 1. The van der Waals surface area contributed by atoms with Crippen LogP contribution in [0.4, 0.5) is 0 Å². The summed E-state index contributed by atoms with van der Waals surface area (Å²) in [5, 5.41) is 23.7. The second-order valence-electron chi connectivity index (χ2n) is 13.2. The molecule has 0 bridgehead atoms. The van der Waals surface area contributed by atoms with E-state index in [9.17, 15) is 15.0 Å². The zero-order valence-corrected chi connectivity index (χ0v) is 24.6. The minimum atomic E-state index is -1.17. The summed E-state index contributed by atoms with van der Waals surface area (Å²) in [6, 6.07) is 5.18. The maximum atomic E-state index is 12.6. The number of rotatable bonds is 8. The highest BCUT2D eigenvalue weighted by Gasteiger charge is 2.59. The highest BCUT2D eigenvalue weighted by Crippen LogP contribution is 2.61. The van der Waals surface area contributed by atoms with Gasteiger partial charge in [0.05, 0.1) is 5.60 Å². The van der Waals surface area contributed by atoms with Gasteiger partial charge in [0.1, 0.15) is 17.9 Å². The number of hydrogen-bond donors (Lipinski definition) is 2. The van der Waals surface area contributed by atoms with Crippen molar-refractivity contribution >= 4 is 5.97 Å². The lowest BCUT2D eigenvalue weighted by atomic mass is 9.56. The number of aromatic nitrogens is 1. The Kier molecular flexibility index (Phi) is 9.22. The summed E-state index contributed by atoms with van der Waals surface area (Å²) < 4.78 is 5.75. The number of fused-ring (bicyclic) bond motifs is 1. The number of carbonyl (C=O) groups excluding carboxylic acids is 1. The first-order chi connectivity index (χ1) is 18.5. The summed E-state index contributed by atoms with van der Waals surface area (Å²) >= 11 is 0. The molecule has 4 rings (SSSR count). The van der Waals surface area contributed by atoms with Gasteiger partial charge in [-0.25, -0.2) is 9.78 Å². The van der Waals surface area contributed by atoms with Gasteiger partial charge in [0, 0.05) is 12.6 Å². The van der Waals surface area contributed by atoms with E-state index in [1.807, 2.05) is 6.08 Å². The molecule has 1 heterocycles. The van der Waals surface area contributed by atoms with E-state index in [4.69, 9.17) is 4.74 Å². The summed E-state index contributed by atoms with van der Waals surface area (Å²) in [5.74, 6) is 1.71. The number of aliphatic hydroxyl groups excluding tert-OH is 1. The Morgan fingerprint density at radius 1 is 1.15 bits per heavy atom. The highest BCUT2D eigenvalue weighted by molar-refractivity contribution is 5.87. The van der Waals surface area contributed by atoms with Gasteiger partial charge in [-0.1, -0.05) is 65.0 Å². The Labute approximate surface area is 235 Å². The number of carbonyl (C=O) groups is 1. The van der Waals surface area contributed by atoms with Crippen molar-refractivity contribution in [2.45, 2.75) is 104 Å². The van der Waals surface area contributed by atoms with Crippen molar-refractivity contribution in [3.63, 3.8) is 0 Å². The van der Waals surface area contributed by atoms with E-state index in [0.717, 1.165) is 36.8 Å². The van der Waals surface area contributed by atoms with Crippen LogP contribution in [-0.2, 0) is 4.74 Å². The molecule has 3 aliphatic rings. The zero-order valence-electron chi connectivity index (χ0n) is 24.6. The molecule has 5 nitrogen and oxygen atoms in total.